The van der Waals surface area contributed by atoms with E-state index in [4.69, 9.17) is 10.8 Å². The van der Waals surface area contributed by atoms with E-state index < -0.39 is 0 Å². The van der Waals surface area contributed by atoms with Crippen molar-refractivity contribution >= 4 is 11.8 Å². The largest absolute Gasteiger partial charge is 0.395 e. The van der Waals surface area contributed by atoms with E-state index >= 15 is 0 Å². The first-order valence-corrected chi connectivity index (χ1v) is 3.26. The third-order valence-corrected chi connectivity index (χ3v) is 1.07. The lowest BCUT2D eigenvalue weighted by Gasteiger charge is -2.00. The molecule has 0 unspecified atom stereocenters. The molecule has 5 heteroatoms. The van der Waals surface area contributed by atoms with E-state index in [9.17, 15) is 0 Å². The van der Waals surface area contributed by atoms with E-state index in [1.54, 1.807) is 12.3 Å². The van der Waals surface area contributed by atoms with E-state index in [1.807, 2.05) is 0 Å². The first-order valence-electron chi connectivity index (χ1n) is 3.26. The van der Waals surface area contributed by atoms with Crippen LogP contribution in [0, 0.1) is 0 Å². The summed E-state index contributed by atoms with van der Waals surface area (Å²) in [6.07, 6.45) is 1.56. The molecule has 1 rings (SSSR count). The van der Waals surface area contributed by atoms with Gasteiger partial charge < -0.3 is 16.2 Å². The molecule has 0 saturated heterocycles. The van der Waals surface area contributed by atoms with E-state index in [2.05, 4.69) is 15.3 Å². The van der Waals surface area contributed by atoms with Crippen LogP contribution in [0.1, 0.15) is 0 Å². The number of nitrogen functional groups attached to an aromatic ring is 1. The molecular weight excluding hydrogens is 144 g/mol. The predicted octanol–water partition coefficient (Wildman–Crippen LogP) is -0.537. The van der Waals surface area contributed by atoms with Crippen molar-refractivity contribution in [3.05, 3.63) is 12.3 Å². The van der Waals surface area contributed by atoms with Gasteiger partial charge in [0.15, 0.2) is 0 Å². The van der Waals surface area contributed by atoms with Crippen molar-refractivity contribution in [1.29, 1.82) is 0 Å². The topological polar surface area (TPSA) is 84.1 Å². The molecule has 5 nitrogen and oxygen atoms in total. The summed E-state index contributed by atoms with van der Waals surface area (Å²) < 4.78 is 0. The smallest absolute Gasteiger partial charge is 0.224 e. The Morgan fingerprint density at radius 2 is 2.45 bits per heavy atom. The summed E-state index contributed by atoms with van der Waals surface area (Å²) in [5.41, 5.74) is 5.38. The van der Waals surface area contributed by atoms with Gasteiger partial charge in [-0.15, -0.1) is 0 Å². The van der Waals surface area contributed by atoms with E-state index in [1.165, 1.54) is 0 Å². The van der Waals surface area contributed by atoms with Crippen LogP contribution in [0.15, 0.2) is 12.3 Å². The molecule has 0 saturated carbocycles. The second-order valence-corrected chi connectivity index (χ2v) is 1.96. The van der Waals surface area contributed by atoms with Crippen LogP contribution in [0.3, 0.4) is 0 Å². The van der Waals surface area contributed by atoms with Crippen molar-refractivity contribution in [2.24, 2.45) is 0 Å². The van der Waals surface area contributed by atoms with E-state index in [0.29, 0.717) is 18.3 Å². The van der Waals surface area contributed by atoms with Crippen molar-refractivity contribution in [3.8, 4) is 0 Å². The van der Waals surface area contributed by atoms with Gasteiger partial charge in [-0.25, -0.2) is 4.98 Å². The summed E-state index contributed by atoms with van der Waals surface area (Å²) in [6.45, 7) is 0.488. The first-order chi connectivity index (χ1) is 5.33. The fraction of sp³-hybridized carbons (Fsp3) is 0.333. The number of aromatic nitrogens is 2. The van der Waals surface area contributed by atoms with Gasteiger partial charge in [0.2, 0.25) is 5.95 Å². The average Bonchev–Trinajstić information content (AvgIpc) is 2.01. The molecule has 0 fully saturated rings. The molecule has 0 spiro atoms. The monoisotopic (exact) mass is 154 g/mol. The lowest BCUT2D eigenvalue weighted by molar-refractivity contribution is 0.311. The number of aliphatic hydroxyl groups is 1. The molecule has 0 bridgehead atoms. The molecule has 1 heterocycles. The Hall–Kier alpha value is -1.36. The minimum absolute atomic E-state index is 0.0537. The van der Waals surface area contributed by atoms with Crippen LogP contribution in [-0.4, -0.2) is 28.2 Å². The zero-order valence-electron chi connectivity index (χ0n) is 5.99. The molecule has 11 heavy (non-hydrogen) atoms. The van der Waals surface area contributed by atoms with Crippen LogP contribution in [0.4, 0.5) is 11.8 Å². The Morgan fingerprint density at radius 1 is 1.64 bits per heavy atom. The minimum Gasteiger partial charge on any atom is -0.395 e. The Labute approximate surface area is 64.3 Å². The number of hydrogen-bond donors (Lipinski definition) is 3. The van der Waals surface area contributed by atoms with Gasteiger partial charge in [-0.1, -0.05) is 0 Å². The summed E-state index contributed by atoms with van der Waals surface area (Å²) in [5, 5.41) is 11.2. The Morgan fingerprint density at radius 3 is 3.09 bits per heavy atom. The van der Waals surface area contributed by atoms with Crippen molar-refractivity contribution in [2.45, 2.75) is 0 Å². The number of nitrogens with zero attached hydrogens (tertiary/aromatic N) is 2. The Kier molecular flexibility index (Phi) is 2.62. The maximum Gasteiger partial charge on any atom is 0.224 e. The summed E-state index contributed by atoms with van der Waals surface area (Å²) >= 11 is 0. The van der Waals surface area contributed by atoms with Crippen LogP contribution < -0.4 is 11.1 Å². The maximum atomic E-state index is 8.45. The highest BCUT2D eigenvalue weighted by Gasteiger charge is 1.92. The zero-order chi connectivity index (χ0) is 8.10. The third kappa shape index (κ3) is 2.38. The van der Waals surface area contributed by atoms with Crippen LogP contribution in [-0.2, 0) is 0 Å². The van der Waals surface area contributed by atoms with Crippen LogP contribution >= 0.6 is 0 Å². The van der Waals surface area contributed by atoms with Crippen LogP contribution in [0.5, 0.6) is 0 Å². The van der Waals surface area contributed by atoms with Gasteiger partial charge in [-0.3, -0.25) is 0 Å². The van der Waals surface area contributed by atoms with Crippen molar-refractivity contribution in [2.75, 3.05) is 24.2 Å². The van der Waals surface area contributed by atoms with Crippen molar-refractivity contribution in [1.82, 2.24) is 9.97 Å². The minimum atomic E-state index is 0.0537. The second-order valence-electron chi connectivity index (χ2n) is 1.96. The first kappa shape index (κ1) is 7.74. The van der Waals surface area contributed by atoms with Gasteiger partial charge in [0.25, 0.3) is 0 Å². The number of anilines is 2. The quantitative estimate of drug-likeness (QED) is 0.544. The fourth-order valence-corrected chi connectivity index (χ4v) is 0.626. The van der Waals surface area contributed by atoms with Gasteiger partial charge in [0, 0.05) is 12.7 Å². The van der Waals surface area contributed by atoms with Gasteiger partial charge in [-0.05, 0) is 6.07 Å². The van der Waals surface area contributed by atoms with Gasteiger partial charge in [-0.2, -0.15) is 4.98 Å². The Bertz CT molecular complexity index is 228. The molecule has 0 aliphatic rings. The zero-order valence-corrected chi connectivity index (χ0v) is 5.99. The van der Waals surface area contributed by atoms with Crippen molar-refractivity contribution < 1.29 is 5.11 Å². The summed E-state index contributed by atoms with van der Waals surface area (Å²) in [7, 11) is 0. The normalized spacial score (nSPS) is 9.55. The van der Waals surface area contributed by atoms with E-state index in [-0.39, 0.29) is 6.61 Å². The number of aliphatic hydroxyl groups excluding tert-OH is 1. The fourth-order valence-electron chi connectivity index (χ4n) is 0.626. The van der Waals surface area contributed by atoms with Crippen molar-refractivity contribution in [3.63, 3.8) is 0 Å². The summed E-state index contributed by atoms with van der Waals surface area (Å²) in [4.78, 5) is 7.72. The number of rotatable bonds is 3. The highest BCUT2D eigenvalue weighted by Crippen LogP contribution is 1.99. The molecule has 4 N–H and O–H groups in total. The lowest BCUT2D eigenvalue weighted by atomic mass is 10.6. The molecule has 0 radical (unpaired) electrons. The highest BCUT2D eigenvalue weighted by molar-refractivity contribution is 5.34. The molecule has 0 atom stereocenters. The van der Waals surface area contributed by atoms with E-state index in [0.717, 1.165) is 0 Å². The Balaban J connectivity index is 2.56. The highest BCUT2D eigenvalue weighted by atomic mass is 16.3. The molecule has 0 aliphatic heterocycles. The second kappa shape index (κ2) is 3.72. The molecule has 0 amide bonds. The van der Waals surface area contributed by atoms with Crippen LogP contribution in [0.25, 0.3) is 0 Å². The molecular formula is C6H10N4O. The standard InChI is InChI=1S/C6H10N4O/c7-5-1-2-8-6(10-5)9-3-4-11/h1-2,11H,3-4H2,(H3,7,8,9,10). The average molecular weight is 154 g/mol. The van der Waals surface area contributed by atoms with Gasteiger partial charge in [0.05, 0.1) is 6.61 Å². The SMILES string of the molecule is Nc1ccnc(NCCO)n1. The lowest BCUT2D eigenvalue weighted by Crippen LogP contribution is -2.09. The van der Waals surface area contributed by atoms with Crippen LogP contribution in [0.2, 0.25) is 0 Å². The molecule has 0 aromatic carbocycles. The summed E-state index contributed by atoms with van der Waals surface area (Å²) in [6, 6.07) is 1.60. The third-order valence-electron chi connectivity index (χ3n) is 1.07. The molecule has 0 aliphatic carbocycles. The maximum absolute atomic E-state index is 8.45. The predicted molar refractivity (Wildman–Crippen MR) is 42.0 cm³/mol. The number of nitrogens with two attached hydrogens (primary N) is 1. The molecule has 60 valence electrons. The van der Waals surface area contributed by atoms with Gasteiger partial charge >= 0.3 is 0 Å². The van der Waals surface area contributed by atoms with Gasteiger partial charge in [0.1, 0.15) is 5.82 Å². The molecule has 1 aromatic rings. The number of nitrogens with one attached hydrogen (secondary N) is 1. The number of hydrogen-bond acceptors (Lipinski definition) is 5. The summed E-state index contributed by atoms with van der Waals surface area (Å²) in [5.74, 6) is 0.861. The molecule has 1 aromatic heterocycles.